The fourth-order valence-corrected chi connectivity index (χ4v) is 2.17. The molecule has 0 radical (unpaired) electrons. The molecule has 0 atom stereocenters. The number of benzene rings is 1. The molecule has 0 fully saturated rings. The molecule has 1 heterocycles. The highest BCUT2D eigenvalue weighted by Gasteiger charge is 2.36. The van der Waals surface area contributed by atoms with Crippen LogP contribution in [0.1, 0.15) is 28.5 Å². The minimum absolute atomic E-state index is 0.0142. The highest BCUT2D eigenvalue weighted by molar-refractivity contribution is 5.94. The van der Waals surface area contributed by atoms with Crippen LogP contribution in [0.5, 0.6) is 5.75 Å². The van der Waals surface area contributed by atoms with Gasteiger partial charge in [-0.2, -0.15) is 23.5 Å². The largest absolute Gasteiger partial charge is 0.496 e. The number of hydrogen-bond donors (Lipinski definition) is 1. The van der Waals surface area contributed by atoms with E-state index in [-0.39, 0.29) is 34.9 Å². The van der Waals surface area contributed by atoms with Crippen molar-refractivity contribution < 1.29 is 27.4 Å². The Morgan fingerprint density at radius 1 is 1.30 bits per heavy atom. The van der Waals surface area contributed by atoms with Crippen LogP contribution in [0, 0.1) is 6.92 Å². The molecule has 1 aromatic heterocycles. The summed E-state index contributed by atoms with van der Waals surface area (Å²) in [4.78, 5) is 11.8. The van der Waals surface area contributed by atoms with Crippen molar-refractivity contribution in [1.29, 1.82) is 0 Å². The topological polar surface area (TPSA) is 77.1 Å². The second kappa shape index (κ2) is 6.27. The van der Waals surface area contributed by atoms with Gasteiger partial charge < -0.3 is 9.47 Å². The van der Waals surface area contributed by atoms with Gasteiger partial charge in [-0.3, -0.25) is 0 Å². The Labute approximate surface area is 129 Å². The average molecular weight is 329 g/mol. The number of carbonyl (C=O) groups excluding carboxylic acids is 1. The highest BCUT2D eigenvalue weighted by Crippen LogP contribution is 2.40. The first-order valence-corrected chi connectivity index (χ1v) is 6.63. The second-order valence-corrected chi connectivity index (χ2v) is 4.61. The number of aryl methyl sites for hydroxylation is 1. The van der Waals surface area contributed by atoms with Crippen LogP contribution >= 0.6 is 0 Å². The molecular weight excluding hydrogens is 315 g/mol. The number of aromatic nitrogens is 3. The first-order valence-electron chi connectivity index (χ1n) is 6.63. The first kappa shape index (κ1) is 16.8. The molecule has 0 aliphatic carbocycles. The fraction of sp³-hybridized carbons (Fsp3) is 0.357. The summed E-state index contributed by atoms with van der Waals surface area (Å²) in [7, 11) is 1.16. The van der Waals surface area contributed by atoms with E-state index in [1.807, 2.05) is 0 Å². The van der Waals surface area contributed by atoms with E-state index in [0.29, 0.717) is 0 Å². The van der Waals surface area contributed by atoms with Crippen molar-refractivity contribution in [2.75, 3.05) is 13.7 Å². The molecule has 0 unspecified atom stereocenters. The second-order valence-electron chi connectivity index (χ2n) is 4.61. The molecule has 0 saturated carbocycles. The van der Waals surface area contributed by atoms with Gasteiger partial charge in [-0.15, -0.1) is 5.10 Å². The number of methoxy groups -OCH3 is 1. The van der Waals surface area contributed by atoms with Crippen LogP contribution in [-0.4, -0.2) is 35.1 Å². The zero-order valence-electron chi connectivity index (χ0n) is 12.6. The minimum atomic E-state index is -4.61. The maximum Gasteiger partial charge on any atom is 0.419 e. The molecule has 0 bridgehead atoms. The maximum atomic E-state index is 13.2. The molecule has 2 aromatic rings. The molecule has 0 spiro atoms. The third-order valence-electron chi connectivity index (χ3n) is 3.07. The monoisotopic (exact) mass is 329 g/mol. The van der Waals surface area contributed by atoms with Gasteiger partial charge in [0.05, 0.1) is 19.3 Å². The summed E-state index contributed by atoms with van der Waals surface area (Å²) in [6.45, 7) is 3.19. The first-order chi connectivity index (χ1) is 10.8. The molecule has 0 amide bonds. The fourth-order valence-electron chi connectivity index (χ4n) is 2.17. The van der Waals surface area contributed by atoms with E-state index in [1.165, 1.54) is 13.0 Å². The third-order valence-corrected chi connectivity index (χ3v) is 3.07. The summed E-state index contributed by atoms with van der Waals surface area (Å²) in [6, 6.07) is 2.31. The lowest BCUT2D eigenvalue weighted by Crippen LogP contribution is -2.10. The maximum absolute atomic E-state index is 13.2. The Morgan fingerprint density at radius 2 is 2.00 bits per heavy atom. The Hall–Kier alpha value is -2.58. The van der Waals surface area contributed by atoms with Crippen LogP contribution in [0.2, 0.25) is 0 Å². The number of nitrogens with zero attached hydrogens (tertiary/aromatic N) is 2. The lowest BCUT2D eigenvalue weighted by molar-refractivity contribution is -0.138. The van der Waals surface area contributed by atoms with Crippen LogP contribution in [0.4, 0.5) is 13.2 Å². The van der Waals surface area contributed by atoms with E-state index < -0.39 is 17.7 Å². The normalized spacial score (nSPS) is 11.4. The number of H-pyrrole nitrogens is 1. The van der Waals surface area contributed by atoms with Crippen molar-refractivity contribution >= 4 is 5.97 Å². The van der Waals surface area contributed by atoms with Gasteiger partial charge >= 0.3 is 12.1 Å². The molecule has 6 nitrogen and oxygen atoms in total. The van der Waals surface area contributed by atoms with E-state index in [1.54, 1.807) is 6.92 Å². The van der Waals surface area contributed by atoms with Gasteiger partial charge in [0.2, 0.25) is 0 Å². The third kappa shape index (κ3) is 3.27. The summed E-state index contributed by atoms with van der Waals surface area (Å²) >= 11 is 0. The number of halogens is 3. The van der Waals surface area contributed by atoms with Crippen LogP contribution in [0.15, 0.2) is 12.1 Å². The van der Waals surface area contributed by atoms with Gasteiger partial charge in [0, 0.05) is 5.56 Å². The Kier molecular flexibility index (Phi) is 4.57. The van der Waals surface area contributed by atoms with E-state index in [0.717, 1.165) is 13.2 Å². The molecule has 9 heteroatoms. The van der Waals surface area contributed by atoms with Crippen LogP contribution in [0.3, 0.4) is 0 Å². The Bertz CT molecular complexity index is 726. The van der Waals surface area contributed by atoms with E-state index >= 15 is 0 Å². The number of nitrogens with one attached hydrogen (secondary N) is 1. The quantitative estimate of drug-likeness (QED) is 0.873. The smallest absolute Gasteiger partial charge is 0.419 e. The lowest BCUT2D eigenvalue weighted by atomic mass is 10.0. The van der Waals surface area contributed by atoms with E-state index in [4.69, 9.17) is 9.47 Å². The van der Waals surface area contributed by atoms with Gasteiger partial charge in [-0.05, 0) is 31.5 Å². The van der Waals surface area contributed by atoms with Crippen LogP contribution in [0.25, 0.3) is 11.3 Å². The van der Waals surface area contributed by atoms with E-state index in [9.17, 15) is 18.0 Å². The Morgan fingerprint density at radius 3 is 2.57 bits per heavy atom. The lowest BCUT2D eigenvalue weighted by Gasteiger charge is -2.15. The molecular formula is C14H14F3N3O3. The predicted molar refractivity (Wildman–Crippen MR) is 74.1 cm³/mol. The van der Waals surface area contributed by atoms with Crippen molar-refractivity contribution in [2.45, 2.75) is 20.0 Å². The summed E-state index contributed by atoms with van der Waals surface area (Å²) < 4.78 is 49.3. The van der Waals surface area contributed by atoms with Gasteiger partial charge in [-0.1, -0.05) is 0 Å². The number of hydrogen-bond acceptors (Lipinski definition) is 5. The minimum Gasteiger partial charge on any atom is -0.496 e. The molecule has 124 valence electrons. The van der Waals surface area contributed by atoms with Crippen molar-refractivity contribution in [3.05, 3.63) is 29.0 Å². The zero-order chi connectivity index (χ0) is 17.2. The van der Waals surface area contributed by atoms with Crippen molar-refractivity contribution in [3.8, 4) is 17.0 Å². The predicted octanol–water partition coefficient (Wildman–Crippen LogP) is 2.98. The Balaban J connectivity index is 2.60. The zero-order valence-corrected chi connectivity index (χ0v) is 12.6. The van der Waals surface area contributed by atoms with Gasteiger partial charge in [0.15, 0.2) is 5.69 Å². The van der Waals surface area contributed by atoms with Crippen LogP contribution < -0.4 is 4.74 Å². The van der Waals surface area contributed by atoms with Gasteiger partial charge in [0.25, 0.3) is 0 Å². The number of rotatable bonds is 4. The average Bonchev–Trinajstić information content (AvgIpc) is 2.95. The van der Waals surface area contributed by atoms with Crippen molar-refractivity contribution in [1.82, 2.24) is 15.4 Å². The molecule has 0 saturated heterocycles. The summed E-state index contributed by atoms with van der Waals surface area (Å²) in [5.41, 5.74) is -0.792. The summed E-state index contributed by atoms with van der Waals surface area (Å²) in [5, 5.41) is 9.65. The highest BCUT2D eigenvalue weighted by atomic mass is 19.4. The van der Waals surface area contributed by atoms with Crippen molar-refractivity contribution in [2.24, 2.45) is 0 Å². The summed E-state index contributed by atoms with van der Waals surface area (Å²) in [5.74, 6) is -1.04. The number of esters is 1. The van der Waals surface area contributed by atoms with Crippen LogP contribution in [-0.2, 0) is 10.9 Å². The molecule has 0 aliphatic rings. The van der Waals surface area contributed by atoms with Gasteiger partial charge in [0.1, 0.15) is 11.4 Å². The molecule has 2 rings (SSSR count). The molecule has 1 aromatic carbocycles. The van der Waals surface area contributed by atoms with E-state index in [2.05, 4.69) is 15.4 Å². The molecule has 23 heavy (non-hydrogen) atoms. The number of carbonyl (C=O) groups is 1. The summed E-state index contributed by atoms with van der Waals surface area (Å²) in [6.07, 6.45) is -4.61. The standard InChI is InChI=1S/C14H14F3N3O3/c1-4-23-13(21)11-10(18-20-19-11)8-5-7(2)12(22-3)9(6-8)14(15,16)17/h5-6H,4H2,1-3H3,(H,18,19,20). The number of aromatic amines is 1. The number of ether oxygens (including phenoxy) is 2. The molecule has 0 aliphatic heterocycles. The number of alkyl halides is 3. The van der Waals surface area contributed by atoms with Gasteiger partial charge in [-0.25, -0.2) is 4.79 Å². The SMILES string of the molecule is CCOC(=O)c1n[nH]nc1-c1cc(C)c(OC)c(C(F)(F)F)c1. The van der Waals surface area contributed by atoms with Crippen molar-refractivity contribution in [3.63, 3.8) is 0 Å². The molecule has 1 N–H and O–H groups in total.